The average Bonchev–Trinajstić information content (AvgIpc) is 2.48. The third-order valence-corrected chi connectivity index (χ3v) is 3.74. The van der Waals surface area contributed by atoms with Crippen molar-refractivity contribution in [2.45, 2.75) is 6.42 Å². The summed E-state index contributed by atoms with van der Waals surface area (Å²) in [6, 6.07) is 12.0. The second-order valence-electron chi connectivity index (χ2n) is 4.54. The van der Waals surface area contributed by atoms with Gasteiger partial charge in [0, 0.05) is 15.2 Å². The van der Waals surface area contributed by atoms with Crippen LogP contribution in [0.5, 0.6) is 0 Å². The molecule has 0 fully saturated rings. The molecule has 0 saturated heterocycles. The van der Waals surface area contributed by atoms with Gasteiger partial charge >= 0.3 is 5.97 Å². The van der Waals surface area contributed by atoms with Crippen LogP contribution in [-0.4, -0.2) is 19.0 Å². The van der Waals surface area contributed by atoms with Crippen molar-refractivity contribution in [1.29, 1.82) is 0 Å². The quantitative estimate of drug-likeness (QED) is 0.811. The molecular weight excluding hydrogens is 370 g/mol. The second kappa shape index (κ2) is 7.42. The Kier molecular flexibility index (Phi) is 5.57. The summed E-state index contributed by atoms with van der Waals surface area (Å²) in [6.07, 6.45) is 0.153. The van der Waals surface area contributed by atoms with Gasteiger partial charge in [-0.2, -0.15) is 0 Å². The van der Waals surface area contributed by atoms with E-state index in [-0.39, 0.29) is 12.3 Å². The predicted molar refractivity (Wildman–Crippen MR) is 89.3 cm³/mol. The van der Waals surface area contributed by atoms with Gasteiger partial charge in [0.1, 0.15) is 0 Å². The standard InChI is InChI=1S/C16H13BrClNO3/c1-22-16(21)11-6-12(17)9-13(7-11)19-15(20)8-10-4-2-3-5-14(10)18/h2-7,9H,8H2,1H3,(H,19,20). The Hall–Kier alpha value is -1.85. The molecule has 2 rings (SSSR count). The maximum atomic E-state index is 12.1. The van der Waals surface area contributed by atoms with E-state index in [4.69, 9.17) is 11.6 Å². The molecule has 0 aromatic heterocycles. The maximum Gasteiger partial charge on any atom is 0.337 e. The number of hydrogen-bond acceptors (Lipinski definition) is 3. The molecule has 0 heterocycles. The minimum atomic E-state index is -0.470. The number of halogens is 2. The lowest BCUT2D eigenvalue weighted by Gasteiger charge is -2.09. The number of anilines is 1. The van der Waals surface area contributed by atoms with Crippen molar-refractivity contribution in [2.24, 2.45) is 0 Å². The van der Waals surface area contributed by atoms with E-state index in [0.29, 0.717) is 20.7 Å². The SMILES string of the molecule is COC(=O)c1cc(Br)cc(NC(=O)Cc2ccccc2Cl)c1. The molecule has 0 saturated carbocycles. The van der Waals surface area contributed by atoms with Crippen molar-refractivity contribution < 1.29 is 14.3 Å². The number of carbonyl (C=O) groups is 2. The number of esters is 1. The number of rotatable bonds is 4. The smallest absolute Gasteiger partial charge is 0.337 e. The van der Waals surface area contributed by atoms with E-state index in [1.165, 1.54) is 7.11 Å². The van der Waals surface area contributed by atoms with Gasteiger partial charge in [0.05, 0.1) is 19.1 Å². The second-order valence-corrected chi connectivity index (χ2v) is 5.86. The minimum absolute atomic E-state index is 0.153. The largest absolute Gasteiger partial charge is 0.465 e. The molecule has 6 heteroatoms. The zero-order chi connectivity index (χ0) is 16.1. The zero-order valence-electron chi connectivity index (χ0n) is 11.7. The van der Waals surface area contributed by atoms with E-state index >= 15 is 0 Å². The van der Waals surface area contributed by atoms with Crippen LogP contribution in [0.3, 0.4) is 0 Å². The first-order valence-electron chi connectivity index (χ1n) is 6.42. The minimum Gasteiger partial charge on any atom is -0.465 e. The number of amides is 1. The van der Waals surface area contributed by atoms with Gasteiger partial charge in [0.2, 0.25) is 5.91 Å². The topological polar surface area (TPSA) is 55.4 Å². The fourth-order valence-electron chi connectivity index (χ4n) is 1.92. The highest BCUT2D eigenvalue weighted by Gasteiger charge is 2.11. The molecule has 22 heavy (non-hydrogen) atoms. The fourth-order valence-corrected chi connectivity index (χ4v) is 2.61. The summed E-state index contributed by atoms with van der Waals surface area (Å²) in [5.41, 5.74) is 1.60. The highest BCUT2D eigenvalue weighted by molar-refractivity contribution is 9.10. The predicted octanol–water partition coefficient (Wildman–Crippen LogP) is 4.07. The van der Waals surface area contributed by atoms with E-state index in [1.807, 2.05) is 6.07 Å². The molecule has 0 unspecified atom stereocenters. The summed E-state index contributed by atoms with van der Waals surface area (Å²) in [7, 11) is 1.30. The van der Waals surface area contributed by atoms with E-state index in [1.54, 1.807) is 36.4 Å². The van der Waals surface area contributed by atoms with E-state index in [0.717, 1.165) is 5.56 Å². The molecule has 0 aliphatic heterocycles. The summed E-state index contributed by atoms with van der Waals surface area (Å²) in [4.78, 5) is 23.7. The fraction of sp³-hybridized carbons (Fsp3) is 0.125. The molecule has 0 atom stereocenters. The lowest BCUT2D eigenvalue weighted by Crippen LogP contribution is -2.15. The van der Waals surface area contributed by atoms with Crippen LogP contribution in [0.1, 0.15) is 15.9 Å². The van der Waals surface area contributed by atoms with Gasteiger partial charge in [0.15, 0.2) is 0 Å². The number of ether oxygens (including phenoxy) is 1. The molecule has 0 aliphatic rings. The first-order valence-corrected chi connectivity index (χ1v) is 7.59. The van der Waals surface area contributed by atoms with Crippen molar-refractivity contribution >= 4 is 45.1 Å². The monoisotopic (exact) mass is 381 g/mol. The molecule has 0 spiro atoms. The Morgan fingerprint density at radius 3 is 2.64 bits per heavy atom. The summed E-state index contributed by atoms with van der Waals surface area (Å²) >= 11 is 9.33. The molecule has 0 bridgehead atoms. The molecule has 2 aromatic rings. The molecule has 0 radical (unpaired) electrons. The van der Waals surface area contributed by atoms with Crippen molar-refractivity contribution in [3.63, 3.8) is 0 Å². The van der Waals surface area contributed by atoms with Crippen LogP contribution in [-0.2, 0) is 16.0 Å². The Morgan fingerprint density at radius 2 is 1.95 bits per heavy atom. The van der Waals surface area contributed by atoms with Crippen molar-refractivity contribution in [3.05, 3.63) is 63.1 Å². The lowest BCUT2D eigenvalue weighted by atomic mass is 10.1. The normalized spacial score (nSPS) is 10.1. The zero-order valence-corrected chi connectivity index (χ0v) is 14.1. The number of methoxy groups -OCH3 is 1. The Morgan fingerprint density at radius 1 is 1.23 bits per heavy atom. The molecule has 114 valence electrons. The van der Waals surface area contributed by atoms with E-state index in [2.05, 4.69) is 26.0 Å². The third-order valence-electron chi connectivity index (χ3n) is 2.91. The van der Waals surface area contributed by atoms with Crippen LogP contribution in [0.15, 0.2) is 46.9 Å². The van der Waals surface area contributed by atoms with Crippen molar-refractivity contribution in [2.75, 3.05) is 12.4 Å². The first kappa shape index (κ1) is 16.5. The van der Waals surface area contributed by atoms with Crippen molar-refractivity contribution in [3.8, 4) is 0 Å². The number of carbonyl (C=O) groups excluding carboxylic acids is 2. The maximum absolute atomic E-state index is 12.1. The first-order chi connectivity index (χ1) is 10.5. The summed E-state index contributed by atoms with van der Waals surface area (Å²) in [6.45, 7) is 0. The average molecular weight is 383 g/mol. The highest BCUT2D eigenvalue weighted by Crippen LogP contribution is 2.21. The van der Waals surface area contributed by atoms with Crippen LogP contribution in [0.2, 0.25) is 5.02 Å². The molecule has 1 amide bonds. The Balaban J connectivity index is 2.13. The van der Waals surface area contributed by atoms with Gasteiger partial charge in [-0.3, -0.25) is 4.79 Å². The number of nitrogens with one attached hydrogen (secondary N) is 1. The Labute approximate surface area is 141 Å². The summed E-state index contributed by atoms with van der Waals surface area (Å²) < 4.78 is 5.34. The van der Waals surface area contributed by atoms with Crippen LogP contribution in [0.25, 0.3) is 0 Å². The van der Waals surface area contributed by atoms with Crippen LogP contribution in [0.4, 0.5) is 5.69 Å². The summed E-state index contributed by atoms with van der Waals surface area (Å²) in [5, 5.41) is 3.29. The molecule has 1 N–H and O–H groups in total. The molecule has 2 aromatic carbocycles. The van der Waals surface area contributed by atoms with Crippen LogP contribution in [0, 0.1) is 0 Å². The van der Waals surface area contributed by atoms with Gasteiger partial charge in [-0.05, 0) is 29.8 Å². The van der Waals surface area contributed by atoms with Gasteiger partial charge in [-0.15, -0.1) is 0 Å². The van der Waals surface area contributed by atoms with Crippen molar-refractivity contribution in [1.82, 2.24) is 0 Å². The third kappa shape index (κ3) is 4.32. The van der Waals surface area contributed by atoms with E-state index in [9.17, 15) is 9.59 Å². The van der Waals surface area contributed by atoms with Gasteiger partial charge < -0.3 is 10.1 Å². The Bertz CT molecular complexity index is 718. The van der Waals surface area contributed by atoms with Crippen LogP contribution >= 0.6 is 27.5 Å². The van der Waals surface area contributed by atoms with Gasteiger partial charge in [-0.25, -0.2) is 4.79 Å². The molecule has 4 nitrogen and oxygen atoms in total. The summed E-state index contributed by atoms with van der Waals surface area (Å²) in [5.74, 6) is -0.690. The van der Waals surface area contributed by atoms with E-state index < -0.39 is 5.97 Å². The lowest BCUT2D eigenvalue weighted by molar-refractivity contribution is -0.115. The van der Waals surface area contributed by atoms with Crippen LogP contribution < -0.4 is 5.32 Å². The number of benzene rings is 2. The van der Waals surface area contributed by atoms with Gasteiger partial charge in [-0.1, -0.05) is 45.7 Å². The molecular formula is C16H13BrClNO3. The molecule has 0 aliphatic carbocycles. The number of hydrogen-bond donors (Lipinski definition) is 1. The van der Waals surface area contributed by atoms with Gasteiger partial charge in [0.25, 0.3) is 0 Å². The highest BCUT2D eigenvalue weighted by atomic mass is 79.9.